The largest absolute Gasteiger partial charge is 0.465 e. The van der Waals surface area contributed by atoms with Crippen LogP contribution in [0.15, 0.2) is 12.3 Å². The number of amides is 2. The first-order valence-corrected chi connectivity index (χ1v) is 13.9. The van der Waals surface area contributed by atoms with E-state index in [2.05, 4.69) is 20.2 Å². The van der Waals surface area contributed by atoms with Gasteiger partial charge in [0.1, 0.15) is 17.3 Å². The molecule has 0 radical (unpaired) electrons. The summed E-state index contributed by atoms with van der Waals surface area (Å²) in [6, 6.07) is 1.90. The molecule has 0 bridgehead atoms. The van der Waals surface area contributed by atoms with Crippen LogP contribution < -0.4 is 10.2 Å². The molecule has 2 aliphatic rings. The Balaban J connectivity index is 1.47. The highest BCUT2D eigenvalue weighted by Crippen LogP contribution is 2.29. The maximum Gasteiger partial charge on any atom is 0.339 e. The lowest BCUT2D eigenvalue weighted by molar-refractivity contribution is -0.127. The van der Waals surface area contributed by atoms with Crippen molar-refractivity contribution in [2.75, 3.05) is 56.6 Å². The molecule has 4 heterocycles. The summed E-state index contributed by atoms with van der Waals surface area (Å²) in [6.45, 7) is 15.5. The molecule has 2 aromatic heterocycles. The minimum atomic E-state index is -0.501. The zero-order valence-corrected chi connectivity index (χ0v) is 24.7. The second-order valence-electron chi connectivity index (χ2n) is 11.5. The van der Waals surface area contributed by atoms with Crippen molar-refractivity contribution < 1.29 is 19.1 Å². The molecule has 0 aromatic carbocycles. The molecule has 2 saturated heterocycles. The van der Waals surface area contributed by atoms with Crippen LogP contribution in [-0.2, 0) is 9.53 Å². The van der Waals surface area contributed by atoms with Crippen LogP contribution in [0.25, 0.3) is 0 Å². The molecule has 40 heavy (non-hydrogen) atoms. The second-order valence-corrected chi connectivity index (χ2v) is 11.5. The summed E-state index contributed by atoms with van der Waals surface area (Å²) in [5.74, 6) is 1.13. The Bertz CT molecular complexity index is 1270. The van der Waals surface area contributed by atoms with Gasteiger partial charge in [0.05, 0.1) is 35.8 Å². The first-order chi connectivity index (χ1) is 18.9. The van der Waals surface area contributed by atoms with Gasteiger partial charge in [-0.3, -0.25) is 9.59 Å². The van der Waals surface area contributed by atoms with Crippen LogP contribution in [0.4, 0.5) is 11.6 Å². The molecule has 0 atom stereocenters. The summed E-state index contributed by atoms with van der Waals surface area (Å²) >= 11 is 0. The van der Waals surface area contributed by atoms with E-state index in [0.29, 0.717) is 61.9 Å². The molecular weight excluding hydrogens is 510 g/mol. The number of ether oxygens (including phenoxy) is 1. The van der Waals surface area contributed by atoms with Gasteiger partial charge in [0, 0.05) is 45.7 Å². The van der Waals surface area contributed by atoms with Crippen molar-refractivity contribution in [3.63, 3.8) is 0 Å². The number of aromatic nitrogens is 3. The van der Waals surface area contributed by atoms with Gasteiger partial charge in [-0.25, -0.2) is 19.7 Å². The average Bonchev–Trinajstić information content (AvgIpc) is 3.31. The number of pyridine rings is 1. The third-order valence-electron chi connectivity index (χ3n) is 7.66. The number of carbonyl (C=O) groups excluding carboxylic acids is 3. The molecule has 2 aromatic rings. The third kappa shape index (κ3) is 6.03. The van der Waals surface area contributed by atoms with Crippen molar-refractivity contribution in [1.29, 1.82) is 0 Å². The van der Waals surface area contributed by atoms with E-state index in [1.165, 1.54) is 7.11 Å². The molecule has 2 fully saturated rings. The molecule has 2 amide bonds. The number of aryl methyl sites for hydroxylation is 2. The number of hydrogen-bond acceptors (Lipinski definition) is 9. The van der Waals surface area contributed by atoms with Gasteiger partial charge in [-0.05, 0) is 51.7 Å². The summed E-state index contributed by atoms with van der Waals surface area (Å²) in [6.07, 6.45) is 3.07. The van der Waals surface area contributed by atoms with Crippen molar-refractivity contribution in [2.24, 2.45) is 0 Å². The van der Waals surface area contributed by atoms with E-state index in [9.17, 15) is 14.4 Å². The van der Waals surface area contributed by atoms with Crippen LogP contribution in [0.5, 0.6) is 0 Å². The van der Waals surface area contributed by atoms with E-state index in [1.807, 2.05) is 57.4 Å². The number of anilines is 2. The Morgan fingerprint density at radius 2 is 1.90 bits per heavy atom. The van der Waals surface area contributed by atoms with Gasteiger partial charge in [-0.2, -0.15) is 0 Å². The van der Waals surface area contributed by atoms with Crippen molar-refractivity contribution in [3.05, 3.63) is 40.5 Å². The molecule has 2 aliphatic heterocycles. The van der Waals surface area contributed by atoms with Crippen molar-refractivity contribution in [2.45, 2.75) is 65.8 Å². The number of hydrogen-bond donors (Lipinski definition) is 1. The van der Waals surface area contributed by atoms with Crippen molar-refractivity contribution in [1.82, 2.24) is 24.8 Å². The number of piperazine rings is 1. The topological polar surface area (TPSA) is 121 Å². The number of nitrogens with zero attached hydrogens (tertiary/aromatic N) is 6. The lowest BCUT2D eigenvalue weighted by Crippen LogP contribution is -2.61. The van der Waals surface area contributed by atoms with E-state index in [-0.39, 0.29) is 17.7 Å². The Morgan fingerprint density at radius 3 is 2.50 bits per heavy atom. The Kier molecular flexibility index (Phi) is 8.60. The number of nitrogens with one attached hydrogen (secondary N) is 1. The number of carbonyl (C=O) groups is 3. The van der Waals surface area contributed by atoms with Gasteiger partial charge >= 0.3 is 5.97 Å². The predicted molar refractivity (Wildman–Crippen MR) is 153 cm³/mol. The molecule has 0 unspecified atom stereocenters. The van der Waals surface area contributed by atoms with Crippen LogP contribution >= 0.6 is 0 Å². The summed E-state index contributed by atoms with van der Waals surface area (Å²) in [5, 5.41) is 3.32. The highest BCUT2D eigenvalue weighted by molar-refractivity contribution is 5.93. The van der Waals surface area contributed by atoms with E-state index in [0.717, 1.165) is 30.0 Å². The van der Waals surface area contributed by atoms with Crippen LogP contribution in [0.1, 0.15) is 84.3 Å². The lowest BCUT2D eigenvalue weighted by atomic mass is 9.97. The van der Waals surface area contributed by atoms with E-state index < -0.39 is 11.5 Å². The van der Waals surface area contributed by atoms with Crippen molar-refractivity contribution >= 4 is 29.4 Å². The number of methoxy groups -OCH3 is 1. The van der Waals surface area contributed by atoms with Gasteiger partial charge in [0.2, 0.25) is 5.91 Å². The standard InChI is InChI=1S/C29H41N7O4/c1-18(2)25-26(30-10-12-34-11-8-9-23(34)37)31-16-21(33-25)27(38)36-14-13-35(17-29(36,5)6)22-15-19(3)24(20(4)32-22)28(39)40-7/h15-16,18H,8-14,17H2,1-7H3,(H,30,31). The predicted octanol–water partition coefficient (Wildman–Crippen LogP) is 3.17. The van der Waals surface area contributed by atoms with E-state index in [4.69, 9.17) is 9.72 Å². The number of esters is 1. The molecule has 1 N–H and O–H groups in total. The Labute approximate surface area is 236 Å². The maximum atomic E-state index is 13.7. The van der Waals surface area contributed by atoms with Crippen LogP contribution in [0, 0.1) is 13.8 Å². The third-order valence-corrected chi connectivity index (χ3v) is 7.66. The highest BCUT2D eigenvalue weighted by Gasteiger charge is 2.38. The minimum Gasteiger partial charge on any atom is -0.465 e. The fourth-order valence-corrected chi connectivity index (χ4v) is 5.54. The second kappa shape index (κ2) is 11.8. The SMILES string of the molecule is COC(=O)c1c(C)cc(N2CCN(C(=O)c3cnc(NCCN4CCCC4=O)c(C(C)C)n3)C(C)(C)C2)nc1C. The first-order valence-electron chi connectivity index (χ1n) is 13.9. The maximum absolute atomic E-state index is 13.7. The number of rotatable bonds is 8. The van der Waals surface area contributed by atoms with Crippen molar-refractivity contribution in [3.8, 4) is 0 Å². The molecule has 0 saturated carbocycles. The van der Waals surface area contributed by atoms with Crippen LogP contribution in [0.3, 0.4) is 0 Å². The lowest BCUT2D eigenvalue weighted by Gasteiger charge is -2.47. The summed E-state index contributed by atoms with van der Waals surface area (Å²) in [7, 11) is 1.37. The van der Waals surface area contributed by atoms with E-state index >= 15 is 0 Å². The quantitative estimate of drug-likeness (QED) is 0.493. The van der Waals surface area contributed by atoms with Crippen LogP contribution in [0.2, 0.25) is 0 Å². The van der Waals surface area contributed by atoms with Gasteiger partial charge in [-0.15, -0.1) is 0 Å². The molecular formula is C29H41N7O4. The molecule has 4 rings (SSSR count). The van der Waals surface area contributed by atoms with Gasteiger partial charge in [0.25, 0.3) is 5.91 Å². The minimum absolute atomic E-state index is 0.0616. The summed E-state index contributed by atoms with van der Waals surface area (Å²) in [5.41, 5.74) is 2.46. The molecule has 11 heteroatoms. The van der Waals surface area contributed by atoms with Gasteiger partial charge < -0.3 is 24.8 Å². The Hall–Kier alpha value is -3.76. The fourth-order valence-electron chi connectivity index (χ4n) is 5.54. The average molecular weight is 552 g/mol. The fraction of sp³-hybridized carbons (Fsp3) is 0.586. The van der Waals surface area contributed by atoms with Crippen LogP contribution in [-0.4, -0.2) is 94.5 Å². The molecule has 216 valence electrons. The summed E-state index contributed by atoms with van der Waals surface area (Å²) < 4.78 is 4.91. The van der Waals surface area contributed by atoms with Gasteiger partial charge in [0.15, 0.2) is 0 Å². The Morgan fingerprint density at radius 1 is 1.15 bits per heavy atom. The summed E-state index contributed by atoms with van der Waals surface area (Å²) in [4.78, 5) is 57.6. The van der Waals surface area contributed by atoms with E-state index in [1.54, 1.807) is 6.20 Å². The smallest absolute Gasteiger partial charge is 0.339 e. The monoisotopic (exact) mass is 551 g/mol. The zero-order valence-electron chi connectivity index (χ0n) is 24.7. The molecule has 0 aliphatic carbocycles. The normalized spacial score (nSPS) is 17.0. The highest BCUT2D eigenvalue weighted by atomic mass is 16.5. The number of likely N-dealkylation sites (tertiary alicyclic amines) is 1. The molecule has 0 spiro atoms. The van der Waals surface area contributed by atoms with Gasteiger partial charge in [-0.1, -0.05) is 13.8 Å². The molecule has 11 nitrogen and oxygen atoms in total. The first kappa shape index (κ1) is 29.2. The zero-order chi connectivity index (χ0) is 29.2.